The second kappa shape index (κ2) is 11.6. The van der Waals surface area contributed by atoms with Crippen LogP contribution in [0.2, 0.25) is 0 Å². The lowest BCUT2D eigenvalue weighted by Gasteiger charge is -2.52. The highest BCUT2D eigenvalue weighted by Gasteiger charge is 2.44. The number of rotatable bonds is 7. The maximum atomic E-state index is 2.63. The summed E-state index contributed by atoms with van der Waals surface area (Å²) < 4.78 is 0. The second-order valence-electron chi connectivity index (χ2n) is 13.9. The van der Waals surface area contributed by atoms with Gasteiger partial charge in [0.1, 0.15) is 0 Å². The van der Waals surface area contributed by atoms with E-state index in [0.29, 0.717) is 0 Å². The Morgan fingerprint density at radius 1 is 0.420 bits per heavy atom. The van der Waals surface area contributed by atoms with E-state index in [4.69, 9.17) is 0 Å². The number of hydrogen-bond acceptors (Lipinski definition) is 2. The van der Waals surface area contributed by atoms with E-state index in [1.54, 1.807) is 0 Å². The van der Waals surface area contributed by atoms with Gasteiger partial charge in [-0.3, -0.25) is 0 Å². The smallest absolute Gasteiger partial charge is 0.160 e. The fourth-order valence-corrected chi connectivity index (χ4v) is 9.05. The van der Waals surface area contributed by atoms with Gasteiger partial charge in [0.25, 0.3) is 0 Å². The van der Waals surface area contributed by atoms with Crippen LogP contribution in [0.25, 0.3) is 21.5 Å². The summed E-state index contributed by atoms with van der Waals surface area (Å²) in [6.07, 6.45) is 14.0. The molecule has 7 aromatic rings. The summed E-state index contributed by atoms with van der Waals surface area (Å²) in [7, 11) is 0. The Balaban J connectivity index is 1.29. The van der Waals surface area contributed by atoms with Crippen molar-refractivity contribution < 1.29 is 0 Å². The van der Waals surface area contributed by atoms with E-state index in [1.807, 2.05) is 0 Å². The van der Waals surface area contributed by atoms with E-state index in [9.17, 15) is 0 Å². The van der Waals surface area contributed by atoms with Gasteiger partial charge in [0.15, 0.2) is 5.66 Å². The van der Waals surface area contributed by atoms with Gasteiger partial charge in [0, 0.05) is 28.7 Å². The van der Waals surface area contributed by atoms with Crippen molar-refractivity contribution in [3.8, 4) is 0 Å². The molecular weight excluding hydrogens is 605 g/mol. The van der Waals surface area contributed by atoms with Crippen LogP contribution in [0.5, 0.6) is 0 Å². The minimum Gasteiger partial charge on any atom is -0.310 e. The standard InChI is InChI=1S/C48H38N2/c1-4-12-34(13-5-1)35-30-32-48(33-31-35,49(40-18-6-2-7-19-40)44-28-24-38-16-10-14-36-22-26-42(44)46(36)38)50(41-20-8-3-9-21-41)45-29-25-39-17-11-15-37-23-27-43(45)47(37)39/h1-21,24-25,28-33,35H,22-23,26-27H2. The molecule has 3 aliphatic rings. The molecule has 0 bridgehead atoms. The van der Waals surface area contributed by atoms with Gasteiger partial charge in [-0.25, -0.2) is 0 Å². The molecule has 0 heterocycles. The second-order valence-corrected chi connectivity index (χ2v) is 13.9. The van der Waals surface area contributed by atoms with Crippen LogP contribution in [0.3, 0.4) is 0 Å². The largest absolute Gasteiger partial charge is 0.310 e. The third-order valence-electron chi connectivity index (χ3n) is 11.2. The maximum absolute atomic E-state index is 2.63. The Kier molecular flexibility index (Phi) is 6.77. The predicted molar refractivity (Wildman–Crippen MR) is 210 cm³/mol. The topological polar surface area (TPSA) is 6.48 Å². The van der Waals surface area contributed by atoms with Crippen LogP contribution in [0.1, 0.15) is 33.7 Å². The van der Waals surface area contributed by atoms with Gasteiger partial charge in [-0.2, -0.15) is 0 Å². The molecule has 2 heteroatoms. The minimum absolute atomic E-state index is 0.177. The summed E-state index contributed by atoms with van der Waals surface area (Å²) >= 11 is 0. The van der Waals surface area contributed by atoms with E-state index in [0.717, 1.165) is 25.7 Å². The quantitative estimate of drug-likeness (QED) is 0.126. The molecule has 0 unspecified atom stereocenters. The summed E-state index contributed by atoms with van der Waals surface area (Å²) in [4.78, 5) is 5.26. The monoisotopic (exact) mass is 642 g/mol. The number of aryl methyl sites for hydroxylation is 4. The van der Waals surface area contributed by atoms with E-state index in [1.165, 1.54) is 72.1 Å². The fourth-order valence-electron chi connectivity index (χ4n) is 9.05. The molecule has 0 atom stereocenters. The molecule has 0 spiro atoms. The lowest BCUT2D eigenvalue weighted by molar-refractivity contribution is 0.622. The van der Waals surface area contributed by atoms with Gasteiger partial charge in [0.2, 0.25) is 0 Å². The SMILES string of the molecule is C1=CC(N(c2ccccc2)c2ccc3cccc4c3c2CC4)(N(c2ccccc2)c2ccc3cccc4c3c2CC4)C=CC1c1ccccc1. The molecule has 0 fully saturated rings. The highest BCUT2D eigenvalue weighted by atomic mass is 15.4. The number of nitrogens with zero attached hydrogens (tertiary/aromatic N) is 2. The molecule has 0 aliphatic heterocycles. The minimum atomic E-state index is -0.711. The highest BCUT2D eigenvalue weighted by molar-refractivity contribution is 5.99. The van der Waals surface area contributed by atoms with E-state index in [-0.39, 0.29) is 5.92 Å². The molecule has 10 rings (SSSR count). The average molecular weight is 643 g/mol. The first-order valence-corrected chi connectivity index (χ1v) is 18.0. The van der Waals surface area contributed by atoms with Gasteiger partial charge >= 0.3 is 0 Å². The van der Waals surface area contributed by atoms with Gasteiger partial charge < -0.3 is 9.80 Å². The average Bonchev–Trinajstić information content (AvgIpc) is 3.83. The molecule has 0 N–H and O–H groups in total. The van der Waals surface area contributed by atoms with Crippen LogP contribution in [0.4, 0.5) is 22.7 Å². The summed E-state index contributed by atoms with van der Waals surface area (Å²) in [5.41, 5.74) is 11.2. The first kappa shape index (κ1) is 29.1. The van der Waals surface area contributed by atoms with Crippen LogP contribution >= 0.6 is 0 Å². The number of hydrogen-bond donors (Lipinski definition) is 0. The molecule has 0 aromatic heterocycles. The zero-order chi connectivity index (χ0) is 33.1. The number of benzene rings is 7. The molecular formula is C48H38N2. The third kappa shape index (κ3) is 4.48. The van der Waals surface area contributed by atoms with Crippen molar-refractivity contribution in [1.29, 1.82) is 0 Å². The van der Waals surface area contributed by atoms with E-state index < -0.39 is 5.66 Å². The number of para-hydroxylation sites is 2. The lowest BCUT2D eigenvalue weighted by atomic mass is 9.86. The van der Waals surface area contributed by atoms with E-state index in [2.05, 4.69) is 186 Å². The molecule has 240 valence electrons. The Morgan fingerprint density at radius 2 is 0.880 bits per heavy atom. The van der Waals surface area contributed by atoms with Crippen molar-refractivity contribution in [2.75, 3.05) is 9.80 Å². The van der Waals surface area contributed by atoms with Gasteiger partial charge in [0.05, 0.1) is 0 Å². The van der Waals surface area contributed by atoms with Crippen LogP contribution < -0.4 is 9.80 Å². The zero-order valence-electron chi connectivity index (χ0n) is 28.0. The van der Waals surface area contributed by atoms with Crippen molar-refractivity contribution in [2.24, 2.45) is 0 Å². The normalized spacial score (nSPS) is 15.6. The molecule has 0 radical (unpaired) electrons. The highest BCUT2D eigenvalue weighted by Crippen LogP contribution is 2.51. The van der Waals surface area contributed by atoms with Crippen LogP contribution in [-0.4, -0.2) is 5.66 Å². The third-order valence-corrected chi connectivity index (χ3v) is 11.2. The van der Waals surface area contributed by atoms with Crippen molar-refractivity contribution in [3.05, 3.63) is 204 Å². The van der Waals surface area contributed by atoms with Crippen molar-refractivity contribution in [1.82, 2.24) is 0 Å². The van der Waals surface area contributed by atoms with Gasteiger partial charge in [-0.05, 0) is 124 Å². The zero-order valence-corrected chi connectivity index (χ0v) is 28.0. The van der Waals surface area contributed by atoms with Crippen LogP contribution in [0, 0.1) is 0 Å². The van der Waals surface area contributed by atoms with E-state index >= 15 is 0 Å². The molecule has 0 saturated carbocycles. The molecule has 0 saturated heterocycles. The lowest BCUT2D eigenvalue weighted by Crippen LogP contribution is -2.56. The summed E-state index contributed by atoms with van der Waals surface area (Å²) in [6.45, 7) is 0. The molecule has 7 aromatic carbocycles. The Morgan fingerprint density at radius 3 is 1.36 bits per heavy atom. The summed E-state index contributed by atoms with van der Waals surface area (Å²) in [5.74, 6) is 0.177. The van der Waals surface area contributed by atoms with Crippen molar-refractivity contribution in [3.63, 3.8) is 0 Å². The van der Waals surface area contributed by atoms with Crippen molar-refractivity contribution >= 4 is 44.3 Å². The molecule has 3 aliphatic carbocycles. The number of anilines is 4. The molecule has 0 amide bonds. The maximum Gasteiger partial charge on any atom is 0.160 e. The Bertz CT molecular complexity index is 2290. The number of allylic oxidation sites excluding steroid dienone is 2. The molecule has 2 nitrogen and oxygen atoms in total. The summed E-state index contributed by atoms with van der Waals surface area (Å²) in [6, 6.07) is 56.1. The Labute approximate surface area is 294 Å². The Hall–Kier alpha value is -5.86. The van der Waals surface area contributed by atoms with Gasteiger partial charge in [-0.15, -0.1) is 0 Å². The predicted octanol–water partition coefficient (Wildman–Crippen LogP) is 11.8. The first-order chi connectivity index (χ1) is 24.8. The van der Waals surface area contributed by atoms with Gasteiger partial charge in [-0.1, -0.05) is 127 Å². The van der Waals surface area contributed by atoms with Crippen LogP contribution in [0.15, 0.2) is 176 Å². The molecule has 50 heavy (non-hydrogen) atoms. The van der Waals surface area contributed by atoms with Crippen molar-refractivity contribution in [2.45, 2.75) is 37.3 Å². The first-order valence-electron chi connectivity index (χ1n) is 18.0. The summed E-state index contributed by atoms with van der Waals surface area (Å²) in [5, 5.41) is 5.50. The fraction of sp³-hybridized carbons (Fsp3) is 0.125. The van der Waals surface area contributed by atoms with Crippen LogP contribution in [-0.2, 0) is 25.7 Å².